The van der Waals surface area contributed by atoms with E-state index in [1.54, 1.807) is 21.8 Å². The Morgan fingerprint density at radius 2 is 1.96 bits per heavy atom. The number of nitrogens with zero attached hydrogens (tertiary/aromatic N) is 4. The smallest absolute Gasteiger partial charge is 0.220 e. The van der Waals surface area contributed by atoms with Gasteiger partial charge in [-0.3, -0.25) is 4.79 Å². The number of rotatable bonds is 5. The molecule has 0 aliphatic rings. The fourth-order valence-electron chi connectivity index (χ4n) is 2.41. The van der Waals surface area contributed by atoms with Crippen molar-refractivity contribution in [1.29, 1.82) is 0 Å². The molecule has 1 aromatic heterocycles. The van der Waals surface area contributed by atoms with Gasteiger partial charge in [0.05, 0.1) is 18.4 Å². The van der Waals surface area contributed by atoms with E-state index in [0.29, 0.717) is 16.3 Å². The maximum atomic E-state index is 13.2. The van der Waals surface area contributed by atoms with E-state index < -0.39 is 5.82 Å². The first-order valence-corrected chi connectivity index (χ1v) is 8.07. The summed E-state index contributed by atoms with van der Waals surface area (Å²) in [6, 6.07) is 13.7. The van der Waals surface area contributed by atoms with E-state index in [1.165, 1.54) is 19.1 Å². The van der Waals surface area contributed by atoms with E-state index >= 15 is 0 Å². The molecule has 0 saturated carbocycles. The average Bonchev–Trinajstić information content (AvgIpc) is 3.06. The molecule has 1 amide bonds. The number of hydrogen-bond acceptors (Lipinski definition) is 3. The lowest BCUT2D eigenvalue weighted by Gasteiger charge is -2.20. The second-order valence-corrected chi connectivity index (χ2v) is 6.01. The second-order valence-electron chi connectivity index (χ2n) is 5.60. The molecule has 0 spiro atoms. The van der Waals surface area contributed by atoms with Gasteiger partial charge in [-0.15, -0.1) is 5.10 Å². The second kappa shape index (κ2) is 7.44. The minimum atomic E-state index is -0.408. The summed E-state index contributed by atoms with van der Waals surface area (Å²) < 4.78 is 14.8. The molecule has 128 valence electrons. The van der Waals surface area contributed by atoms with Crippen LogP contribution < -0.4 is 0 Å². The summed E-state index contributed by atoms with van der Waals surface area (Å²) in [4.78, 5) is 13.5. The van der Waals surface area contributed by atoms with Crippen LogP contribution in [-0.4, -0.2) is 25.8 Å². The highest BCUT2D eigenvalue weighted by molar-refractivity contribution is 6.31. The number of halogens is 2. The monoisotopic (exact) mass is 358 g/mol. The van der Waals surface area contributed by atoms with Gasteiger partial charge in [0.2, 0.25) is 5.91 Å². The maximum Gasteiger partial charge on any atom is 0.220 e. The third kappa shape index (κ3) is 4.22. The van der Waals surface area contributed by atoms with Gasteiger partial charge in [-0.05, 0) is 29.8 Å². The Hall–Kier alpha value is -2.73. The van der Waals surface area contributed by atoms with Gasteiger partial charge in [-0.25, -0.2) is 9.07 Å². The molecule has 0 aliphatic heterocycles. The molecule has 0 bridgehead atoms. The molecule has 3 aromatic rings. The van der Waals surface area contributed by atoms with E-state index in [9.17, 15) is 9.18 Å². The van der Waals surface area contributed by atoms with Crippen molar-refractivity contribution in [3.8, 4) is 5.69 Å². The molecule has 0 unspecified atom stereocenters. The highest BCUT2D eigenvalue weighted by atomic mass is 35.5. The van der Waals surface area contributed by atoms with Crippen molar-refractivity contribution < 1.29 is 9.18 Å². The Labute approximate surface area is 149 Å². The number of benzene rings is 2. The normalized spacial score (nSPS) is 10.7. The van der Waals surface area contributed by atoms with Gasteiger partial charge >= 0.3 is 0 Å². The lowest BCUT2D eigenvalue weighted by molar-refractivity contribution is -0.130. The SMILES string of the molecule is CC(=O)N(Cc1cn(-c2ccccc2)nn1)Cc1ccc(F)cc1Cl. The zero-order valence-electron chi connectivity index (χ0n) is 13.6. The number of carbonyl (C=O) groups is 1. The van der Waals surface area contributed by atoms with Crippen LogP contribution in [0.1, 0.15) is 18.2 Å². The van der Waals surface area contributed by atoms with Crippen molar-refractivity contribution in [1.82, 2.24) is 19.9 Å². The maximum absolute atomic E-state index is 13.2. The van der Waals surface area contributed by atoms with Gasteiger partial charge in [0.15, 0.2) is 0 Å². The predicted octanol–water partition coefficient (Wildman–Crippen LogP) is 3.61. The molecule has 0 atom stereocenters. The molecule has 0 radical (unpaired) electrons. The summed E-state index contributed by atoms with van der Waals surface area (Å²) in [5.41, 5.74) is 2.21. The molecule has 2 aromatic carbocycles. The van der Waals surface area contributed by atoms with Crippen LogP contribution in [0.25, 0.3) is 5.69 Å². The van der Waals surface area contributed by atoms with Crippen molar-refractivity contribution >= 4 is 17.5 Å². The van der Waals surface area contributed by atoms with Gasteiger partial charge < -0.3 is 4.90 Å². The van der Waals surface area contributed by atoms with Crippen LogP contribution in [0, 0.1) is 5.82 Å². The van der Waals surface area contributed by atoms with Crippen LogP contribution in [0.2, 0.25) is 5.02 Å². The summed E-state index contributed by atoms with van der Waals surface area (Å²) in [6.45, 7) is 2.03. The fourth-order valence-corrected chi connectivity index (χ4v) is 2.63. The molecular weight excluding hydrogens is 343 g/mol. The van der Waals surface area contributed by atoms with Crippen LogP contribution in [0.15, 0.2) is 54.7 Å². The van der Waals surface area contributed by atoms with Crippen LogP contribution in [0.3, 0.4) is 0 Å². The molecule has 0 fully saturated rings. The molecule has 25 heavy (non-hydrogen) atoms. The van der Waals surface area contributed by atoms with Gasteiger partial charge in [0, 0.05) is 18.5 Å². The van der Waals surface area contributed by atoms with Crippen LogP contribution in [0.4, 0.5) is 4.39 Å². The minimum absolute atomic E-state index is 0.130. The number of carbonyl (C=O) groups excluding carboxylic acids is 1. The summed E-state index contributed by atoms with van der Waals surface area (Å²) in [6.07, 6.45) is 1.78. The Morgan fingerprint density at radius 3 is 2.64 bits per heavy atom. The van der Waals surface area contributed by atoms with Gasteiger partial charge in [0.1, 0.15) is 11.5 Å². The Bertz CT molecular complexity index is 882. The summed E-state index contributed by atoms with van der Waals surface area (Å²) in [5, 5.41) is 8.50. The first kappa shape index (κ1) is 17.1. The van der Waals surface area contributed by atoms with Gasteiger partial charge in [0.25, 0.3) is 0 Å². The van der Waals surface area contributed by atoms with Crippen LogP contribution in [-0.2, 0) is 17.9 Å². The number of hydrogen-bond donors (Lipinski definition) is 0. The first-order valence-electron chi connectivity index (χ1n) is 7.69. The Kier molecular flexibility index (Phi) is 5.09. The van der Waals surface area contributed by atoms with Gasteiger partial charge in [-0.2, -0.15) is 0 Å². The zero-order valence-corrected chi connectivity index (χ0v) is 14.3. The molecule has 3 rings (SSSR count). The lowest BCUT2D eigenvalue weighted by atomic mass is 10.2. The van der Waals surface area contributed by atoms with Crippen LogP contribution in [0.5, 0.6) is 0 Å². The summed E-state index contributed by atoms with van der Waals surface area (Å²) >= 11 is 6.06. The summed E-state index contributed by atoms with van der Waals surface area (Å²) in [7, 11) is 0. The molecule has 1 heterocycles. The largest absolute Gasteiger partial charge is 0.333 e. The van der Waals surface area contributed by atoms with E-state index in [4.69, 9.17) is 11.6 Å². The topological polar surface area (TPSA) is 51.0 Å². The van der Waals surface area contributed by atoms with Crippen molar-refractivity contribution in [2.24, 2.45) is 0 Å². The fraction of sp³-hybridized carbons (Fsp3) is 0.167. The minimum Gasteiger partial charge on any atom is -0.333 e. The Morgan fingerprint density at radius 1 is 1.20 bits per heavy atom. The molecular formula is C18H16ClFN4O. The van der Waals surface area contributed by atoms with Crippen molar-refractivity contribution in [2.75, 3.05) is 0 Å². The molecule has 0 saturated heterocycles. The average molecular weight is 359 g/mol. The molecule has 7 heteroatoms. The van der Waals surface area contributed by atoms with E-state index in [1.807, 2.05) is 30.3 Å². The van der Waals surface area contributed by atoms with E-state index in [2.05, 4.69) is 10.3 Å². The lowest BCUT2D eigenvalue weighted by Crippen LogP contribution is -2.28. The zero-order chi connectivity index (χ0) is 17.8. The van der Waals surface area contributed by atoms with E-state index in [0.717, 1.165) is 5.69 Å². The first-order chi connectivity index (χ1) is 12.0. The number of para-hydroxylation sites is 1. The number of amides is 1. The van der Waals surface area contributed by atoms with Crippen LogP contribution >= 0.6 is 11.6 Å². The number of aromatic nitrogens is 3. The van der Waals surface area contributed by atoms with E-state index in [-0.39, 0.29) is 19.0 Å². The third-order valence-electron chi connectivity index (χ3n) is 3.74. The standard InChI is InChI=1S/C18H16ClFN4O/c1-13(25)23(10-14-7-8-15(20)9-18(14)19)11-16-12-24(22-21-16)17-5-3-2-4-6-17/h2-9,12H,10-11H2,1H3. The quantitative estimate of drug-likeness (QED) is 0.700. The van der Waals surface area contributed by atoms with Crippen molar-refractivity contribution in [2.45, 2.75) is 20.0 Å². The van der Waals surface area contributed by atoms with Gasteiger partial charge in [-0.1, -0.05) is 41.1 Å². The highest BCUT2D eigenvalue weighted by Crippen LogP contribution is 2.20. The predicted molar refractivity (Wildman–Crippen MR) is 92.7 cm³/mol. The summed E-state index contributed by atoms with van der Waals surface area (Å²) in [5.74, 6) is -0.538. The molecule has 0 aliphatic carbocycles. The third-order valence-corrected chi connectivity index (χ3v) is 4.09. The van der Waals surface area contributed by atoms with Crippen molar-refractivity contribution in [3.05, 3.63) is 76.8 Å². The van der Waals surface area contributed by atoms with Crippen molar-refractivity contribution in [3.63, 3.8) is 0 Å². The molecule has 5 nitrogen and oxygen atoms in total. The highest BCUT2D eigenvalue weighted by Gasteiger charge is 2.15. The molecule has 0 N–H and O–H groups in total. The Balaban J connectivity index is 1.76.